The summed E-state index contributed by atoms with van der Waals surface area (Å²) in [5.41, 5.74) is 7.87. The Morgan fingerprint density at radius 2 is 1.62 bits per heavy atom. The number of carbonyl (C=O) groups excluding carboxylic acids is 1. The summed E-state index contributed by atoms with van der Waals surface area (Å²) in [6.45, 7) is 0. The van der Waals surface area contributed by atoms with E-state index in [9.17, 15) is 4.79 Å². The summed E-state index contributed by atoms with van der Waals surface area (Å²) < 4.78 is 6.87. The van der Waals surface area contributed by atoms with Crippen molar-refractivity contribution in [2.24, 2.45) is 0 Å². The largest absolute Gasteiger partial charge is 0.465 e. The van der Waals surface area contributed by atoms with Crippen molar-refractivity contribution in [3.05, 3.63) is 76.6 Å². The van der Waals surface area contributed by atoms with Crippen LogP contribution in [-0.4, -0.2) is 27.7 Å². The van der Waals surface area contributed by atoms with Gasteiger partial charge >= 0.3 is 5.97 Å². The zero-order valence-corrected chi connectivity index (χ0v) is 18.7. The van der Waals surface area contributed by atoms with Gasteiger partial charge in [0.25, 0.3) is 0 Å². The number of halogens is 1. The van der Waals surface area contributed by atoms with E-state index in [1.165, 1.54) is 31.2 Å². The third kappa shape index (κ3) is 3.78. The highest BCUT2D eigenvalue weighted by Crippen LogP contribution is 2.33. The number of rotatable bonds is 3. The first kappa shape index (κ1) is 20.7. The van der Waals surface area contributed by atoms with Crippen LogP contribution in [0.5, 0.6) is 0 Å². The number of hydrogen-bond acceptors (Lipinski definition) is 4. The topological polar surface area (TPSA) is 56.5 Å². The molecule has 5 rings (SSSR count). The molecule has 0 amide bonds. The highest BCUT2D eigenvalue weighted by atomic mass is 35.5. The Labute approximate surface area is 192 Å². The number of methoxy groups -OCH3 is 1. The molecule has 1 aliphatic carbocycles. The van der Waals surface area contributed by atoms with Crippen molar-refractivity contribution < 1.29 is 9.53 Å². The second kappa shape index (κ2) is 8.75. The number of fused-ring (bicyclic) bond motifs is 3. The van der Waals surface area contributed by atoms with Gasteiger partial charge in [-0.3, -0.25) is 0 Å². The van der Waals surface area contributed by atoms with Crippen LogP contribution in [0.25, 0.3) is 28.0 Å². The van der Waals surface area contributed by atoms with E-state index in [2.05, 4.69) is 0 Å². The van der Waals surface area contributed by atoms with Crippen molar-refractivity contribution in [2.75, 3.05) is 7.11 Å². The summed E-state index contributed by atoms with van der Waals surface area (Å²) in [5.74, 6) is -0.337. The van der Waals surface area contributed by atoms with Crippen LogP contribution in [0.4, 0.5) is 0 Å². The van der Waals surface area contributed by atoms with E-state index >= 15 is 0 Å². The maximum absolute atomic E-state index is 11.9. The fraction of sp³-hybridized carbons (Fsp3) is 0.269. The molecule has 32 heavy (non-hydrogen) atoms. The lowest BCUT2D eigenvalue weighted by molar-refractivity contribution is 0.0601. The Balaban J connectivity index is 1.71. The smallest absolute Gasteiger partial charge is 0.337 e. The quantitative estimate of drug-likeness (QED) is 0.354. The van der Waals surface area contributed by atoms with Gasteiger partial charge in [0, 0.05) is 27.4 Å². The van der Waals surface area contributed by atoms with Crippen molar-refractivity contribution >= 4 is 23.2 Å². The Hall–Kier alpha value is -3.18. The van der Waals surface area contributed by atoms with Gasteiger partial charge in [0.15, 0.2) is 5.65 Å². The van der Waals surface area contributed by atoms with E-state index in [0.717, 1.165) is 53.7 Å². The lowest BCUT2D eigenvalue weighted by Crippen LogP contribution is -2.11. The lowest BCUT2D eigenvalue weighted by Gasteiger charge is -2.19. The molecule has 2 heterocycles. The van der Waals surface area contributed by atoms with Crippen molar-refractivity contribution in [2.45, 2.75) is 38.5 Å². The molecule has 2 aromatic carbocycles. The van der Waals surface area contributed by atoms with Gasteiger partial charge in [0.05, 0.1) is 24.6 Å². The van der Waals surface area contributed by atoms with Gasteiger partial charge in [-0.15, -0.1) is 0 Å². The van der Waals surface area contributed by atoms with Crippen LogP contribution in [0.1, 0.15) is 47.3 Å². The molecule has 2 aromatic heterocycles. The molecular weight excluding hydrogens is 422 g/mol. The molecule has 0 N–H and O–H groups in total. The second-order valence-corrected chi connectivity index (χ2v) is 8.61. The normalized spacial score (nSPS) is 13.9. The van der Waals surface area contributed by atoms with E-state index in [1.807, 2.05) is 47.1 Å². The summed E-state index contributed by atoms with van der Waals surface area (Å²) in [4.78, 5) is 17.0. The molecule has 1 aliphatic rings. The van der Waals surface area contributed by atoms with Crippen molar-refractivity contribution in [1.82, 2.24) is 14.6 Å². The Bertz CT molecular complexity index is 1280. The summed E-state index contributed by atoms with van der Waals surface area (Å²) in [7, 11) is 1.40. The summed E-state index contributed by atoms with van der Waals surface area (Å²) in [5, 5.41) is 5.45. The third-order valence-corrected chi connectivity index (χ3v) is 6.43. The molecule has 0 bridgehead atoms. The maximum Gasteiger partial charge on any atom is 0.337 e. The van der Waals surface area contributed by atoms with E-state index in [-0.39, 0.29) is 5.97 Å². The molecule has 0 saturated carbocycles. The van der Waals surface area contributed by atoms with E-state index in [1.54, 1.807) is 12.1 Å². The fourth-order valence-electron chi connectivity index (χ4n) is 4.51. The SMILES string of the molecule is COC(=O)c1ccc(-c2nc3c(-c4ccc(Cl)cc4)cnn3c3c2CCCCCC3)cc1. The molecule has 0 spiro atoms. The lowest BCUT2D eigenvalue weighted by atomic mass is 9.93. The average molecular weight is 446 g/mol. The second-order valence-electron chi connectivity index (χ2n) is 8.17. The van der Waals surface area contributed by atoms with E-state index in [0.29, 0.717) is 10.6 Å². The van der Waals surface area contributed by atoms with Crippen molar-refractivity contribution in [3.63, 3.8) is 0 Å². The standard InChI is InChI=1S/C26H24ClN3O2/c1-32-26(31)19-10-8-18(9-11-19)24-21-6-4-2-3-5-7-23(21)30-25(29-24)22(16-28-30)17-12-14-20(27)15-13-17/h8-16H,2-7H2,1H3. The summed E-state index contributed by atoms with van der Waals surface area (Å²) >= 11 is 6.10. The highest BCUT2D eigenvalue weighted by molar-refractivity contribution is 6.30. The average Bonchev–Trinajstić information content (AvgIpc) is 3.22. The molecule has 0 saturated heterocycles. The molecule has 0 radical (unpaired) electrons. The number of aromatic nitrogens is 3. The van der Waals surface area contributed by atoms with Gasteiger partial charge in [-0.05, 0) is 55.5 Å². The van der Waals surface area contributed by atoms with Crippen LogP contribution in [0, 0.1) is 0 Å². The highest BCUT2D eigenvalue weighted by Gasteiger charge is 2.21. The predicted octanol–water partition coefficient (Wildman–Crippen LogP) is 6.16. The van der Waals surface area contributed by atoms with Crippen LogP contribution < -0.4 is 0 Å². The van der Waals surface area contributed by atoms with Gasteiger partial charge < -0.3 is 4.74 Å². The Kier molecular flexibility index (Phi) is 5.66. The number of aryl methyl sites for hydroxylation is 1. The van der Waals surface area contributed by atoms with Crippen molar-refractivity contribution in [1.29, 1.82) is 0 Å². The van der Waals surface area contributed by atoms with E-state index in [4.69, 9.17) is 26.4 Å². The third-order valence-electron chi connectivity index (χ3n) is 6.18. The molecule has 0 aliphatic heterocycles. The number of nitrogens with zero attached hydrogens (tertiary/aromatic N) is 3. The molecule has 0 unspecified atom stereocenters. The molecule has 4 aromatic rings. The molecule has 0 fully saturated rings. The molecule has 6 heteroatoms. The minimum Gasteiger partial charge on any atom is -0.465 e. The Morgan fingerprint density at radius 3 is 2.34 bits per heavy atom. The fourth-order valence-corrected chi connectivity index (χ4v) is 4.63. The van der Waals surface area contributed by atoms with Crippen LogP contribution in [0.2, 0.25) is 5.02 Å². The molecular formula is C26H24ClN3O2. The summed E-state index contributed by atoms with van der Waals surface area (Å²) in [6.07, 6.45) is 8.59. The van der Waals surface area contributed by atoms with Gasteiger partial charge in [0.1, 0.15) is 0 Å². The monoisotopic (exact) mass is 445 g/mol. The van der Waals surface area contributed by atoms with Gasteiger partial charge in [-0.2, -0.15) is 5.10 Å². The number of ether oxygens (including phenoxy) is 1. The van der Waals surface area contributed by atoms with Gasteiger partial charge in [-0.25, -0.2) is 14.3 Å². The van der Waals surface area contributed by atoms with Gasteiger partial charge in [-0.1, -0.05) is 48.7 Å². The first-order valence-corrected chi connectivity index (χ1v) is 11.4. The van der Waals surface area contributed by atoms with Crippen molar-refractivity contribution in [3.8, 4) is 22.4 Å². The van der Waals surface area contributed by atoms with Crippen LogP contribution in [0.3, 0.4) is 0 Å². The number of benzene rings is 2. The first-order valence-electron chi connectivity index (χ1n) is 11.0. The number of carbonyl (C=O) groups is 1. The summed E-state index contributed by atoms with van der Waals surface area (Å²) in [6, 6.07) is 15.3. The molecule has 5 nitrogen and oxygen atoms in total. The zero-order valence-electron chi connectivity index (χ0n) is 18.0. The van der Waals surface area contributed by atoms with E-state index < -0.39 is 0 Å². The Morgan fingerprint density at radius 1 is 0.938 bits per heavy atom. The molecule has 162 valence electrons. The minimum atomic E-state index is -0.337. The number of hydrogen-bond donors (Lipinski definition) is 0. The van der Waals surface area contributed by atoms with Crippen LogP contribution in [-0.2, 0) is 17.6 Å². The minimum absolute atomic E-state index is 0.337. The predicted molar refractivity (Wildman–Crippen MR) is 126 cm³/mol. The maximum atomic E-state index is 11.9. The van der Waals surface area contributed by atoms with Crippen LogP contribution >= 0.6 is 11.6 Å². The zero-order chi connectivity index (χ0) is 22.1. The van der Waals surface area contributed by atoms with Gasteiger partial charge in [0.2, 0.25) is 0 Å². The first-order chi connectivity index (χ1) is 15.7. The number of esters is 1. The van der Waals surface area contributed by atoms with Crippen LogP contribution in [0.15, 0.2) is 54.7 Å². The molecule has 0 atom stereocenters.